The second kappa shape index (κ2) is 7.87. The van der Waals surface area contributed by atoms with Crippen LogP contribution in [0, 0.1) is 0 Å². The van der Waals surface area contributed by atoms with Crippen molar-refractivity contribution in [2.24, 2.45) is 0 Å². The number of fused-ring (bicyclic) bond motifs is 1. The molecule has 0 aliphatic carbocycles. The molecule has 3 atom stereocenters. The average molecular weight is 378 g/mol. The van der Waals surface area contributed by atoms with Gasteiger partial charge < -0.3 is 4.74 Å². The highest BCUT2D eigenvalue weighted by atomic mass is 16.7. The maximum Gasteiger partial charge on any atom is 0.340 e. The number of benzene rings is 2. The Hall–Kier alpha value is -2.47. The molecule has 4 rings (SSSR count). The summed E-state index contributed by atoms with van der Waals surface area (Å²) in [6.07, 6.45) is 2.16. The van der Waals surface area contributed by atoms with Crippen molar-refractivity contribution in [2.75, 3.05) is 13.2 Å². The molecule has 0 radical (unpaired) electrons. The number of carbonyl (C=O) groups excluding carboxylic acids is 1. The van der Waals surface area contributed by atoms with Crippen LogP contribution < -0.4 is 0 Å². The highest BCUT2D eigenvalue weighted by Gasteiger charge is 2.56. The van der Waals surface area contributed by atoms with Gasteiger partial charge in [0.1, 0.15) is 6.61 Å². The van der Waals surface area contributed by atoms with Crippen LogP contribution in [-0.4, -0.2) is 40.9 Å². The minimum atomic E-state index is -0.990. The van der Waals surface area contributed by atoms with Crippen LogP contribution in [0.2, 0.25) is 0 Å². The van der Waals surface area contributed by atoms with Crippen molar-refractivity contribution < 1.29 is 14.4 Å². The predicted octanol–water partition coefficient (Wildman–Crippen LogP) is 3.69. The van der Waals surface area contributed by atoms with E-state index in [4.69, 9.17) is 9.57 Å². The maximum atomic E-state index is 12.6. The minimum absolute atomic E-state index is 0.0201. The van der Waals surface area contributed by atoms with Crippen LogP contribution >= 0.6 is 0 Å². The lowest BCUT2D eigenvalue weighted by atomic mass is 10.0. The summed E-state index contributed by atoms with van der Waals surface area (Å²) >= 11 is 0. The van der Waals surface area contributed by atoms with E-state index in [0.29, 0.717) is 6.42 Å². The number of carbonyl (C=O) groups is 1. The summed E-state index contributed by atoms with van der Waals surface area (Å²) < 4.78 is 5.31. The van der Waals surface area contributed by atoms with E-state index < -0.39 is 5.60 Å². The first kappa shape index (κ1) is 18.9. The zero-order chi connectivity index (χ0) is 19.6. The van der Waals surface area contributed by atoms with E-state index in [1.165, 1.54) is 11.1 Å². The number of hydroxylamine groups is 2. The zero-order valence-corrected chi connectivity index (χ0v) is 16.2. The van der Waals surface area contributed by atoms with Gasteiger partial charge in [-0.1, -0.05) is 73.3 Å². The largest absolute Gasteiger partial charge is 0.459 e. The summed E-state index contributed by atoms with van der Waals surface area (Å²) in [6.45, 7) is 7.29. The third-order valence-corrected chi connectivity index (χ3v) is 5.49. The summed E-state index contributed by atoms with van der Waals surface area (Å²) in [7, 11) is 0. The van der Waals surface area contributed by atoms with Crippen molar-refractivity contribution in [3.8, 4) is 0 Å². The Labute approximate surface area is 166 Å². The third-order valence-electron chi connectivity index (χ3n) is 5.49. The van der Waals surface area contributed by atoms with E-state index in [-0.39, 0.29) is 24.8 Å². The van der Waals surface area contributed by atoms with Gasteiger partial charge in [-0.05, 0) is 18.1 Å². The van der Waals surface area contributed by atoms with Crippen molar-refractivity contribution >= 4 is 5.97 Å². The molecular formula is C23H26N2O3. The molecule has 0 amide bonds. The van der Waals surface area contributed by atoms with Gasteiger partial charge in [0, 0.05) is 19.5 Å². The van der Waals surface area contributed by atoms with E-state index >= 15 is 0 Å². The first-order valence-electron chi connectivity index (χ1n) is 9.69. The Morgan fingerprint density at radius 3 is 2.57 bits per heavy atom. The van der Waals surface area contributed by atoms with Gasteiger partial charge in [-0.15, -0.1) is 0 Å². The predicted molar refractivity (Wildman–Crippen MR) is 107 cm³/mol. The highest BCUT2D eigenvalue weighted by molar-refractivity contribution is 5.79. The van der Waals surface area contributed by atoms with Crippen LogP contribution in [0.1, 0.15) is 30.5 Å². The molecule has 0 unspecified atom stereocenters. The zero-order valence-electron chi connectivity index (χ0n) is 16.2. The number of hydrogen-bond donors (Lipinski definition) is 0. The Balaban J connectivity index is 1.60. The molecule has 0 saturated carbocycles. The molecule has 2 heterocycles. The van der Waals surface area contributed by atoms with E-state index in [9.17, 15) is 4.79 Å². The standard InChI is InChI=1S/C23H26N2O3/c1-3-14-27-22(26)23(2)15-21-24(16-18-10-6-4-7-11-18)17-20(25(21)28-23)19-12-8-5-9-13-19/h3-13,20-21H,1,14-17H2,2H3/t20-,21+,23-/m1/s1. The first-order chi connectivity index (χ1) is 13.6. The Kier molecular flexibility index (Phi) is 5.31. The van der Waals surface area contributed by atoms with Gasteiger partial charge in [-0.25, -0.2) is 4.79 Å². The van der Waals surface area contributed by atoms with Gasteiger partial charge in [-0.3, -0.25) is 9.74 Å². The molecule has 2 saturated heterocycles. The Morgan fingerprint density at radius 2 is 1.89 bits per heavy atom. The summed E-state index contributed by atoms with van der Waals surface area (Å²) in [5.41, 5.74) is 1.45. The molecule has 2 aromatic carbocycles. The number of ether oxygens (including phenoxy) is 1. The van der Waals surface area contributed by atoms with Crippen LogP contribution in [0.15, 0.2) is 73.3 Å². The third kappa shape index (κ3) is 3.61. The van der Waals surface area contributed by atoms with E-state index in [2.05, 4.69) is 47.9 Å². The molecule has 5 nitrogen and oxygen atoms in total. The SMILES string of the molecule is C=CCOC(=O)[C@@]1(C)C[C@H]2N(Cc3ccccc3)C[C@H](c3ccccc3)N2O1. The first-order valence-corrected chi connectivity index (χ1v) is 9.69. The molecule has 0 aromatic heterocycles. The van der Waals surface area contributed by atoms with Crippen LogP contribution in [-0.2, 0) is 20.9 Å². The van der Waals surface area contributed by atoms with Crippen molar-refractivity contribution in [1.82, 2.24) is 9.96 Å². The number of esters is 1. The second-order valence-corrected chi connectivity index (χ2v) is 7.60. The monoisotopic (exact) mass is 378 g/mol. The number of hydrogen-bond acceptors (Lipinski definition) is 5. The van der Waals surface area contributed by atoms with E-state index in [0.717, 1.165) is 13.1 Å². The Bertz CT molecular complexity index is 826. The van der Waals surface area contributed by atoms with Crippen molar-refractivity contribution in [2.45, 2.75) is 37.7 Å². The lowest BCUT2D eigenvalue weighted by Crippen LogP contribution is -2.40. The van der Waals surface area contributed by atoms with Gasteiger partial charge in [0.05, 0.1) is 12.2 Å². The second-order valence-electron chi connectivity index (χ2n) is 7.60. The van der Waals surface area contributed by atoms with Gasteiger partial charge in [0.25, 0.3) is 0 Å². The molecule has 2 aromatic rings. The fraction of sp³-hybridized carbons (Fsp3) is 0.348. The summed E-state index contributed by atoms with van der Waals surface area (Å²) in [4.78, 5) is 21.3. The van der Waals surface area contributed by atoms with Crippen LogP contribution in [0.4, 0.5) is 0 Å². The summed E-state index contributed by atoms with van der Waals surface area (Å²) in [6, 6.07) is 20.8. The smallest absolute Gasteiger partial charge is 0.340 e. The van der Waals surface area contributed by atoms with Crippen molar-refractivity contribution in [3.05, 3.63) is 84.4 Å². The molecule has 146 valence electrons. The van der Waals surface area contributed by atoms with Crippen LogP contribution in [0.3, 0.4) is 0 Å². The minimum Gasteiger partial charge on any atom is -0.459 e. The molecule has 5 heteroatoms. The number of nitrogens with zero attached hydrogens (tertiary/aromatic N) is 2. The molecular weight excluding hydrogens is 352 g/mol. The molecule has 2 fully saturated rings. The van der Waals surface area contributed by atoms with Gasteiger partial charge in [0.15, 0.2) is 5.60 Å². The van der Waals surface area contributed by atoms with Crippen LogP contribution in [0.25, 0.3) is 0 Å². The molecule has 0 bridgehead atoms. The van der Waals surface area contributed by atoms with Gasteiger partial charge >= 0.3 is 5.97 Å². The highest BCUT2D eigenvalue weighted by Crippen LogP contribution is 2.44. The molecule has 0 N–H and O–H groups in total. The fourth-order valence-electron chi connectivity index (χ4n) is 4.08. The van der Waals surface area contributed by atoms with Crippen LogP contribution in [0.5, 0.6) is 0 Å². The number of rotatable bonds is 6. The van der Waals surface area contributed by atoms with Crippen molar-refractivity contribution in [3.63, 3.8) is 0 Å². The van der Waals surface area contributed by atoms with Crippen molar-refractivity contribution in [1.29, 1.82) is 0 Å². The topological polar surface area (TPSA) is 42.0 Å². The average Bonchev–Trinajstić information content (AvgIpc) is 3.24. The molecule has 28 heavy (non-hydrogen) atoms. The Morgan fingerprint density at radius 1 is 1.21 bits per heavy atom. The summed E-state index contributed by atoms with van der Waals surface area (Å²) in [5.74, 6) is -0.340. The van der Waals surface area contributed by atoms with Gasteiger partial charge in [-0.2, -0.15) is 5.06 Å². The van der Waals surface area contributed by atoms with E-state index in [1.54, 1.807) is 6.08 Å². The lowest BCUT2D eigenvalue weighted by Gasteiger charge is -2.26. The molecule has 2 aliphatic rings. The molecule has 2 aliphatic heterocycles. The molecule has 0 spiro atoms. The lowest BCUT2D eigenvalue weighted by molar-refractivity contribution is -0.224. The maximum absolute atomic E-state index is 12.6. The normalized spacial score (nSPS) is 27.5. The van der Waals surface area contributed by atoms with E-state index in [1.807, 2.05) is 36.3 Å². The summed E-state index contributed by atoms with van der Waals surface area (Å²) in [5, 5.41) is 1.99. The quantitative estimate of drug-likeness (QED) is 0.566. The van der Waals surface area contributed by atoms with Gasteiger partial charge in [0.2, 0.25) is 0 Å². The fourth-order valence-corrected chi connectivity index (χ4v) is 4.08.